The zero-order valence-corrected chi connectivity index (χ0v) is 10.5. The molecule has 3 heteroatoms. The number of rotatable bonds is 5. The van der Waals surface area contributed by atoms with Crippen molar-refractivity contribution in [2.24, 2.45) is 5.73 Å². The summed E-state index contributed by atoms with van der Waals surface area (Å²) in [5, 5.41) is 0. The van der Waals surface area contributed by atoms with E-state index in [0.29, 0.717) is 6.54 Å². The van der Waals surface area contributed by atoms with Gasteiger partial charge in [0.05, 0.1) is 4.47 Å². The molecule has 0 aliphatic carbocycles. The molecule has 1 aromatic rings. The van der Waals surface area contributed by atoms with Gasteiger partial charge in [-0.1, -0.05) is 24.8 Å². The van der Waals surface area contributed by atoms with Crippen LogP contribution < -0.4 is 10.5 Å². The van der Waals surface area contributed by atoms with Crippen LogP contribution in [-0.4, -0.2) is 12.6 Å². The fraction of sp³-hybridized carbons (Fsp3) is 0.333. The van der Waals surface area contributed by atoms with Crippen LogP contribution in [0.4, 0.5) is 0 Å². The summed E-state index contributed by atoms with van der Waals surface area (Å²) in [7, 11) is 0. The molecule has 0 heterocycles. The molecule has 0 amide bonds. The van der Waals surface area contributed by atoms with E-state index in [0.717, 1.165) is 22.2 Å². The van der Waals surface area contributed by atoms with Crippen LogP contribution >= 0.6 is 15.9 Å². The van der Waals surface area contributed by atoms with Crippen LogP contribution in [0, 0.1) is 0 Å². The summed E-state index contributed by atoms with van der Waals surface area (Å²) in [5.41, 5.74) is 6.68. The predicted molar refractivity (Wildman–Crippen MR) is 67.2 cm³/mol. The molecule has 0 radical (unpaired) electrons. The van der Waals surface area contributed by atoms with Gasteiger partial charge >= 0.3 is 0 Å². The highest BCUT2D eigenvalue weighted by Gasteiger charge is 2.09. The van der Waals surface area contributed by atoms with E-state index in [2.05, 4.69) is 22.5 Å². The fourth-order valence-electron chi connectivity index (χ4n) is 1.27. The van der Waals surface area contributed by atoms with Crippen molar-refractivity contribution in [1.29, 1.82) is 0 Å². The van der Waals surface area contributed by atoms with Gasteiger partial charge in [-0.3, -0.25) is 0 Å². The van der Waals surface area contributed by atoms with Gasteiger partial charge in [-0.05, 0) is 47.4 Å². The highest BCUT2D eigenvalue weighted by atomic mass is 79.9. The van der Waals surface area contributed by atoms with Gasteiger partial charge in [0, 0.05) is 0 Å². The van der Waals surface area contributed by atoms with E-state index in [1.165, 1.54) is 0 Å². The normalized spacial score (nSPS) is 12.2. The van der Waals surface area contributed by atoms with Gasteiger partial charge in [0.15, 0.2) is 0 Å². The highest BCUT2D eigenvalue weighted by Crippen LogP contribution is 2.30. The molecule has 82 valence electrons. The molecule has 0 saturated heterocycles. The highest BCUT2D eigenvalue weighted by molar-refractivity contribution is 9.10. The van der Waals surface area contributed by atoms with E-state index in [9.17, 15) is 0 Å². The van der Waals surface area contributed by atoms with Crippen molar-refractivity contribution in [3.63, 3.8) is 0 Å². The lowest BCUT2D eigenvalue weighted by Gasteiger charge is -2.15. The SMILES string of the molecule is C=CC(C)Oc1c(Br)cccc1CCN. The van der Waals surface area contributed by atoms with Gasteiger partial charge in [-0.15, -0.1) is 0 Å². The molecule has 0 fully saturated rings. The van der Waals surface area contributed by atoms with E-state index in [-0.39, 0.29) is 6.10 Å². The lowest BCUT2D eigenvalue weighted by Crippen LogP contribution is -2.11. The standard InChI is InChI=1S/C12H16BrNO/c1-3-9(2)15-12-10(7-8-14)5-4-6-11(12)13/h3-6,9H,1,7-8,14H2,2H3. The van der Waals surface area contributed by atoms with Crippen LogP contribution in [0.2, 0.25) is 0 Å². The van der Waals surface area contributed by atoms with Crippen molar-refractivity contribution < 1.29 is 4.74 Å². The minimum absolute atomic E-state index is 0.000208. The summed E-state index contributed by atoms with van der Waals surface area (Å²) in [6, 6.07) is 5.98. The molecule has 1 rings (SSSR count). The molecule has 1 aromatic carbocycles. The molecule has 0 aliphatic heterocycles. The second-order valence-electron chi connectivity index (χ2n) is 3.33. The largest absolute Gasteiger partial charge is 0.485 e. The fourth-order valence-corrected chi connectivity index (χ4v) is 1.77. The van der Waals surface area contributed by atoms with Crippen LogP contribution in [0.25, 0.3) is 0 Å². The van der Waals surface area contributed by atoms with Gasteiger partial charge in [0.1, 0.15) is 11.9 Å². The number of hydrogen-bond donors (Lipinski definition) is 1. The molecular weight excluding hydrogens is 254 g/mol. The Kier molecular flexibility index (Phi) is 4.85. The van der Waals surface area contributed by atoms with E-state index in [1.807, 2.05) is 25.1 Å². The van der Waals surface area contributed by atoms with E-state index >= 15 is 0 Å². The average molecular weight is 270 g/mol. The van der Waals surface area contributed by atoms with Gasteiger partial charge in [-0.25, -0.2) is 0 Å². The summed E-state index contributed by atoms with van der Waals surface area (Å²) in [4.78, 5) is 0. The first-order chi connectivity index (χ1) is 7.19. The average Bonchev–Trinajstić information content (AvgIpc) is 2.23. The first-order valence-corrected chi connectivity index (χ1v) is 5.75. The summed E-state index contributed by atoms with van der Waals surface area (Å²) in [6.07, 6.45) is 2.59. The zero-order valence-electron chi connectivity index (χ0n) is 8.87. The topological polar surface area (TPSA) is 35.2 Å². The third-order valence-electron chi connectivity index (χ3n) is 2.10. The van der Waals surface area contributed by atoms with Crippen LogP contribution in [0.1, 0.15) is 12.5 Å². The van der Waals surface area contributed by atoms with Crippen LogP contribution in [0.5, 0.6) is 5.75 Å². The first-order valence-electron chi connectivity index (χ1n) is 4.95. The molecule has 1 unspecified atom stereocenters. The molecule has 0 bridgehead atoms. The lowest BCUT2D eigenvalue weighted by atomic mass is 10.1. The Bertz CT molecular complexity index is 338. The van der Waals surface area contributed by atoms with Gasteiger partial charge in [0.25, 0.3) is 0 Å². The molecule has 0 spiro atoms. The molecule has 1 atom stereocenters. The van der Waals surface area contributed by atoms with E-state index in [1.54, 1.807) is 6.08 Å². The molecule has 0 aliphatic rings. The van der Waals surface area contributed by atoms with Crippen LogP contribution in [-0.2, 0) is 6.42 Å². The molecule has 2 N–H and O–H groups in total. The number of para-hydroxylation sites is 1. The quantitative estimate of drug-likeness (QED) is 0.835. The van der Waals surface area contributed by atoms with Crippen molar-refractivity contribution in [1.82, 2.24) is 0 Å². The molecule has 0 saturated carbocycles. The Labute approximate surface area is 99.3 Å². The number of benzene rings is 1. The summed E-state index contributed by atoms with van der Waals surface area (Å²) < 4.78 is 6.72. The smallest absolute Gasteiger partial charge is 0.137 e. The number of halogens is 1. The van der Waals surface area contributed by atoms with Crippen molar-refractivity contribution in [3.05, 3.63) is 40.9 Å². The number of hydrogen-bond acceptors (Lipinski definition) is 2. The minimum Gasteiger partial charge on any atom is -0.485 e. The van der Waals surface area contributed by atoms with Crippen molar-refractivity contribution in [3.8, 4) is 5.75 Å². The molecule has 0 aromatic heterocycles. The van der Waals surface area contributed by atoms with Crippen LogP contribution in [0.15, 0.2) is 35.3 Å². The second-order valence-corrected chi connectivity index (χ2v) is 4.18. The maximum Gasteiger partial charge on any atom is 0.137 e. The molecular formula is C12H16BrNO. The van der Waals surface area contributed by atoms with Gasteiger partial charge < -0.3 is 10.5 Å². The van der Waals surface area contributed by atoms with Gasteiger partial charge in [0.2, 0.25) is 0 Å². The summed E-state index contributed by atoms with van der Waals surface area (Å²) >= 11 is 3.47. The number of ether oxygens (including phenoxy) is 1. The van der Waals surface area contributed by atoms with Crippen molar-refractivity contribution >= 4 is 15.9 Å². The zero-order chi connectivity index (χ0) is 11.3. The lowest BCUT2D eigenvalue weighted by molar-refractivity contribution is 0.266. The van der Waals surface area contributed by atoms with Crippen molar-refractivity contribution in [2.45, 2.75) is 19.4 Å². The maximum atomic E-state index is 5.76. The third-order valence-corrected chi connectivity index (χ3v) is 2.72. The van der Waals surface area contributed by atoms with Crippen molar-refractivity contribution in [2.75, 3.05) is 6.54 Å². The molecule has 15 heavy (non-hydrogen) atoms. The Balaban J connectivity index is 2.96. The first kappa shape index (κ1) is 12.3. The maximum absolute atomic E-state index is 5.76. The minimum atomic E-state index is 0.000208. The Hall–Kier alpha value is -0.800. The Morgan fingerprint density at radius 3 is 2.93 bits per heavy atom. The third kappa shape index (κ3) is 3.36. The van der Waals surface area contributed by atoms with E-state index in [4.69, 9.17) is 10.5 Å². The second kappa shape index (κ2) is 5.93. The predicted octanol–water partition coefficient (Wildman–Crippen LogP) is 2.90. The summed E-state index contributed by atoms with van der Waals surface area (Å²) in [6.45, 7) is 6.27. The summed E-state index contributed by atoms with van der Waals surface area (Å²) in [5.74, 6) is 0.871. The Morgan fingerprint density at radius 2 is 2.33 bits per heavy atom. The molecule has 2 nitrogen and oxygen atoms in total. The Morgan fingerprint density at radius 1 is 1.60 bits per heavy atom. The monoisotopic (exact) mass is 269 g/mol. The van der Waals surface area contributed by atoms with E-state index < -0.39 is 0 Å². The van der Waals surface area contributed by atoms with Gasteiger partial charge in [-0.2, -0.15) is 0 Å². The number of nitrogens with two attached hydrogens (primary N) is 1. The van der Waals surface area contributed by atoms with Crippen LogP contribution in [0.3, 0.4) is 0 Å².